The molecule has 2 amide bonds. The largest absolute Gasteiger partial charge is 0.481 e. The number of ether oxygens (including phenoxy) is 1. The topological polar surface area (TPSA) is 58.6 Å². The maximum absolute atomic E-state index is 12.7. The van der Waals surface area contributed by atoms with Crippen LogP contribution in [0.2, 0.25) is 0 Å². The molecule has 0 aromatic heterocycles. The van der Waals surface area contributed by atoms with Gasteiger partial charge in [-0.25, -0.2) is 0 Å². The van der Waals surface area contributed by atoms with Gasteiger partial charge in [-0.05, 0) is 62.9 Å². The van der Waals surface area contributed by atoms with Crippen molar-refractivity contribution < 1.29 is 14.3 Å². The van der Waals surface area contributed by atoms with Crippen LogP contribution in [0, 0.1) is 13.8 Å². The number of anilines is 1. The van der Waals surface area contributed by atoms with E-state index in [0.717, 1.165) is 37.1 Å². The summed E-state index contributed by atoms with van der Waals surface area (Å²) in [6, 6.07) is 12.9. The first kappa shape index (κ1) is 19.0. The minimum absolute atomic E-state index is 0.0356. The third kappa shape index (κ3) is 4.30. The van der Waals surface area contributed by atoms with Gasteiger partial charge in [0.15, 0.2) is 6.10 Å². The van der Waals surface area contributed by atoms with Crippen LogP contribution in [0.5, 0.6) is 5.75 Å². The van der Waals surface area contributed by atoms with Crippen LogP contribution in [0.4, 0.5) is 5.69 Å². The van der Waals surface area contributed by atoms with Gasteiger partial charge < -0.3 is 15.0 Å². The minimum Gasteiger partial charge on any atom is -0.481 e. The normalized spacial score (nSPS) is 14.7. The van der Waals surface area contributed by atoms with Crippen molar-refractivity contribution >= 4 is 17.5 Å². The maximum atomic E-state index is 12.7. The zero-order chi connectivity index (χ0) is 19.4. The Balaban J connectivity index is 1.72. The molecule has 1 saturated heterocycles. The summed E-state index contributed by atoms with van der Waals surface area (Å²) in [6.45, 7) is 7.23. The Bertz CT molecular complexity index is 841. The first-order valence-electron chi connectivity index (χ1n) is 9.39. The van der Waals surface area contributed by atoms with E-state index in [2.05, 4.69) is 5.32 Å². The van der Waals surface area contributed by atoms with Crippen LogP contribution in [0.1, 0.15) is 41.3 Å². The van der Waals surface area contributed by atoms with Crippen LogP contribution in [0.3, 0.4) is 0 Å². The lowest BCUT2D eigenvalue weighted by Crippen LogP contribution is -2.32. The quantitative estimate of drug-likeness (QED) is 0.872. The number of benzene rings is 2. The Kier molecular flexibility index (Phi) is 5.79. The van der Waals surface area contributed by atoms with Crippen LogP contribution in [-0.4, -0.2) is 35.9 Å². The Morgan fingerprint density at radius 1 is 1.04 bits per heavy atom. The van der Waals surface area contributed by atoms with Crippen LogP contribution < -0.4 is 10.1 Å². The average Bonchev–Trinajstić information content (AvgIpc) is 3.20. The molecule has 0 saturated carbocycles. The van der Waals surface area contributed by atoms with E-state index < -0.39 is 6.10 Å². The van der Waals surface area contributed by atoms with Gasteiger partial charge in [0.25, 0.3) is 11.8 Å². The van der Waals surface area contributed by atoms with Crippen molar-refractivity contribution in [1.82, 2.24) is 4.90 Å². The fourth-order valence-corrected chi connectivity index (χ4v) is 3.20. The van der Waals surface area contributed by atoms with E-state index in [4.69, 9.17) is 4.74 Å². The van der Waals surface area contributed by atoms with Crippen molar-refractivity contribution in [3.63, 3.8) is 0 Å². The standard InChI is InChI=1S/C22H26N2O3/c1-15-9-8-12-20(16(15)2)27-17(3)21(25)23-19-11-5-4-10-18(19)22(26)24-13-6-7-14-24/h4-5,8-12,17H,6-7,13-14H2,1-3H3,(H,23,25)/t17-/m0/s1. The van der Waals surface area contributed by atoms with Crippen molar-refractivity contribution in [2.45, 2.75) is 39.7 Å². The SMILES string of the molecule is Cc1cccc(O[C@@H](C)C(=O)Nc2ccccc2C(=O)N2CCCC2)c1C. The highest BCUT2D eigenvalue weighted by Gasteiger charge is 2.23. The Morgan fingerprint density at radius 2 is 1.74 bits per heavy atom. The summed E-state index contributed by atoms with van der Waals surface area (Å²) in [6.07, 6.45) is 1.38. The lowest BCUT2D eigenvalue weighted by molar-refractivity contribution is -0.122. The van der Waals surface area contributed by atoms with E-state index >= 15 is 0 Å². The van der Waals surface area contributed by atoms with E-state index in [1.807, 2.05) is 49.1 Å². The number of hydrogen-bond acceptors (Lipinski definition) is 3. The molecule has 1 aliphatic rings. The number of nitrogens with one attached hydrogen (secondary N) is 1. The van der Waals surface area contributed by atoms with Gasteiger partial charge in [-0.15, -0.1) is 0 Å². The first-order valence-corrected chi connectivity index (χ1v) is 9.39. The van der Waals surface area contributed by atoms with E-state index in [-0.39, 0.29) is 11.8 Å². The predicted molar refractivity (Wildman–Crippen MR) is 106 cm³/mol. The van der Waals surface area contributed by atoms with Crippen molar-refractivity contribution in [2.75, 3.05) is 18.4 Å². The molecule has 2 aromatic rings. The zero-order valence-corrected chi connectivity index (χ0v) is 16.1. The van der Waals surface area contributed by atoms with Crippen LogP contribution in [0.15, 0.2) is 42.5 Å². The molecule has 0 aliphatic carbocycles. The smallest absolute Gasteiger partial charge is 0.265 e. The predicted octanol–water partition coefficient (Wildman–Crippen LogP) is 3.95. The summed E-state index contributed by atoms with van der Waals surface area (Å²) in [4.78, 5) is 27.2. The number of rotatable bonds is 5. The summed E-state index contributed by atoms with van der Waals surface area (Å²) in [5, 5.41) is 2.86. The van der Waals surface area contributed by atoms with E-state index in [0.29, 0.717) is 17.0 Å². The zero-order valence-electron chi connectivity index (χ0n) is 16.1. The minimum atomic E-state index is -0.680. The molecule has 1 N–H and O–H groups in total. The van der Waals surface area contributed by atoms with Crippen molar-refractivity contribution in [3.05, 3.63) is 59.2 Å². The molecular weight excluding hydrogens is 340 g/mol. The van der Waals surface area contributed by atoms with Gasteiger partial charge in [0.1, 0.15) is 5.75 Å². The number of para-hydroxylation sites is 1. The molecule has 1 heterocycles. The van der Waals surface area contributed by atoms with Gasteiger partial charge in [0.05, 0.1) is 11.3 Å². The molecule has 1 atom stereocenters. The van der Waals surface area contributed by atoms with E-state index in [1.165, 1.54) is 0 Å². The number of carbonyl (C=O) groups excluding carboxylic acids is 2. The summed E-state index contributed by atoms with van der Waals surface area (Å²) in [5.41, 5.74) is 3.17. The van der Waals surface area contributed by atoms with Gasteiger partial charge >= 0.3 is 0 Å². The molecule has 0 radical (unpaired) electrons. The highest BCUT2D eigenvalue weighted by molar-refractivity contribution is 6.04. The van der Waals surface area contributed by atoms with Crippen molar-refractivity contribution in [3.8, 4) is 5.75 Å². The van der Waals surface area contributed by atoms with Crippen LogP contribution in [-0.2, 0) is 4.79 Å². The monoisotopic (exact) mass is 366 g/mol. The second-order valence-corrected chi connectivity index (χ2v) is 6.99. The molecule has 0 unspecified atom stereocenters. The highest BCUT2D eigenvalue weighted by Crippen LogP contribution is 2.23. The Hall–Kier alpha value is -2.82. The molecular formula is C22H26N2O3. The lowest BCUT2D eigenvalue weighted by Gasteiger charge is -2.20. The molecule has 5 heteroatoms. The Labute approximate surface area is 160 Å². The first-order chi connectivity index (χ1) is 13.0. The second-order valence-electron chi connectivity index (χ2n) is 6.99. The summed E-state index contributed by atoms with van der Waals surface area (Å²) in [7, 11) is 0. The second kappa shape index (κ2) is 8.25. The van der Waals surface area contributed by atoms with Gasteiger partial charge in [-0.2, -0.15) is 0 Å². The molecule has 1 fully saturated rings. The lowest BCUT2D eigenvalue weighted by atomic mass is 10.1. The number of hydrogen-bond donors (Lipinski definition) is 1. The number of nitrogens with zero attached hydrogens (tertiary/aromatic N) is 1. The third-order valence-electron chi connectivity index (χ3n) is 5.04. The molecule has 142 valence electrons. The number of amides is 2. The average molecular weight is 366 g/mol. The number of aryl methyl sites for hydroxylation is 1. The van der Waals surface area contributed by atoms with Gasteiger partial charge in [-0.1, -0.05) is 24.3 Å². The summed E-state index contributed by atoms with van der Waals surface area (Å²) in [5.74, 6) is 0.378. The molecule has 27 heavy (non-hydrogen) atoms. The molecule has 2 aromatic carbocycles. The van der Waals surface area contributed by atoms with E-state index in [1.54, 1.807) is 19.1 Å². The van der Waals surface area contributed by atoms with Gasteiger partial charge in [0.2, 0.25) is 0 Å². The molecule has 5 nitrogen and oxygen atoms in total. The van der Waals surface area contributed by atoms with E-state index in [9.17, 15) is 9.59 Å². The fraction of sp³-hybridized carbons (Fsp3) is 0.364. The maximum Gasteiger partial charge on any atom is 0.265 e. The Morgan fingerprint density at radius 3 is 2.48 bits per heavy atom. The molecule has 1 aliphatic heterocycles. The highest BCUT2D eigenvalue weighted by atomic mass is 16.5. The summed E-state index contributed by atoms with van der Waals surface area (Å²) < 4.78 is 5.85. The fourth-order valence-electron chi connectivity index (χ4n) is 3.20. The van der Waals surface area contributed by atoms with Crippen LogP contribution in [0.25, 0.3) is 0 Å². The molecule has 3 rings (SSSR count). The van der Waals surface area contributed by atoms with Crippen molar-refractivity contribution in [1.29, 1.82) is 0 Å². The van der Waals surface area contributed by atoms with Crippen molar-refractivity contribution in [2.24, 2.45) is 0 Å². The molecule has 0 spiro atoms. The van der Waals surface area contributed by atoms with Gasteiger partial charge in [0, 0.05) is 13.1 Å². The number of likely N-dealkylation sites (tertiary alicyclic amines) is 1. The molecule has 0 bridgehead atoms. The summed E-state index contributed by atoms with van der Waals surface area (Å²) >= 11 is 0. The van der Waals surface area contributed by atoms with Crippen LogP contribution >= 0.6 is 0 Å². The van der Waals surface area contributed by atoms with Gasteiger partial charge in [-0.3, -0.25) is 9.59 Å². The third-order valence-corrected chi connectivity index (χ3v) is 5.04. The number of carbonyl (C=O) groups is 2.